The van der Waals surface area contributed by atoms with E-state index in [2.05, 4.69) is 34.4 Å². The van der Waals surface area contributed by atoms with Gasteiger partial charge in [-0.15, -0.1) is 0 Å². The molecule has 0 aromatic carbocycles. The average Bonchev–Trinajstić information content (AvgIpc) is 3.37. The van der Waals surface area contributed by atoms with E-state index in [0.717, 1.165) is 41.9 Å². The summed E-state index contributed by atoms with van der Waals surface area (Å²) < 4.78 is 9.76. The Balaban J connectivity index is 1.38. The molecule has 29 heavy (non-hydrogen) atoms. The Kier molecular flexibility index (Phi) is 4.31. The maximum Gasteiger partial charge on any atom is 0.228 e. The van der Waals surface area contributed by atoms with Crippen molar-refractivity contribution in [2.75, 3.05) is 25.5 Å². The molecule has 1 aliphatic carbocycles. The summed E-state index contributed by atoms with van der Waals surface area (Å²) in [6, 6.07) is 6.38. The van der Waals surface area contributed by atoms with E-state index in [9.17, 15) is 4.79 Å². The molecule has 0 spiro atoms. The molecule has 152 valence electrons. The highest BCUT2D eigenvalue weighted by atomic mass is 16.5. The van der Waals surface area contributed by atoms with Gasteiger partial charge in [-0.1, -0.05) is 6.92 Å². The minimum atomic E-state index is 0.0612. The number of likely N-dealkylation sites (tertiary alicyclic amines) is 1. The largest absolute Gasteiger partial charge is 0.488 e. The molecule has 1 N–H and O–H groups in total. The first kappa shape index (κ1) is 18.2. The molecule has 0 unspecified atom stereocenters. The van der Waals surface area contributed by atoms with E-state index in [-0.39, 0.29) is 11.8 Å². The van der Waals surface area contributed by atoms with Crippen LogP contribution in [0, 0.1) is 11.8 Å². The van der Waals surface area contributed by atoms with E-state index in [1.54, 1.807) is 10.7 Å². The number of fused-ring (bicyclic) bond motifs is 1. The monoisotopic (exact) mass is 394 g/mol. The number of nitrogens with zero attached hydrogens (tertiary/aromatic N) is 5. The molecule has 1 amide bonds. The van der Waals surface area contributed by atoms with Crippen molar-refractivity contribution >= 4 is 17.2 Å². The van der Waals surface area contributed by atoms with Crippen LogP contribution in [0.3, 0.4) is 0 Å². The van der Waals surface area contributed by atoms with Gasteiger partial charge in [0.25, 0.3) is 0 Å². The van der Waals surface area contributed by atoms with Gasteiger partial charge >= 0.3 is 0 Å². The molecule has 2 atom stereocenters. The van der Waals surface area contributed by atoms with Crippen LogP contribution in [0.25, 0.3) is 16.8 Å². The van der Waals surface area contributed by atoms with Gasteiger partial charge in [0.05, 0.1) is 11.7 Å². The minimum Gasteiger partial charge on any atom is -0.488 e. The topological polar surface area (TPSA) is 76.7 Å². The molecular weight excluding hydrogens is 368 g/mol. The molecule has 3 aromatic heterocycles. The lowest BCUT2D eigenvalue weighted by molar-refractivity contribution is -0.117. The Morgan fingerprint density at radius 2 is 2.14 bits per heavy atom. The SMILES string of the molecule is C[C@H]1CN(C)[C@@H]1COc1cnn(C)c1-c1ccn2nc(NC(=O)C3CC3)cc2c1. The molecule has 5 rings (SSSR count). The lowest BCUT2D eigenvalue weighted by atomic mass is 9.92. The second-order valence-electron chi connectivity index (χ2n) is 8.35. The number of hydrogen-bond acceptors (Lipinski definition) is 5. The van der Waals surface area contributed by atoms with Gasteiger partial charge in [0.15, 0.2) is 11.6 Å². The molecule has 0 bridgehead atoms. The number of anilines is 1. The highest BCUT2D eigenvalue weighted by molar-refractivity contribution is 5.93. The molecule has 3 aromatic rings. The number of likely N-dealkylation sites (N-methyl/N-ethyl adjacent to an activating group) is 1. The highest BCUT2D eigenvalue weighted by Gasteiger charge is 2.33. The van der Waals surface area contributed by atoms with Crippen LogP contribution in [-0.4, -0.2) is 56.4 Å². The summed E-state index contributed by atoms with van der Waals surface area (Å²) in [5.41, 5.74) is 2.85. The Hall–Kier alpha value is -2.87. The summed E-state index contributed by atoms with van der Waals surface area (Å²) in [5, 5.41) is 11.8. The van der Waals surface area contributed by atoms with Gasteiger partial charge in [-0.05, 0) is 37.9 Å². The van der Waals surface area contributed by atoms with E-state index >= 15 is 0 Å². The van der Waals surface area contributed by atoms with Crippen LogP contribution < -0.4 is 10.1 Å². The standard InChI is InChI=1S/C21H26N6O2/c1-13-11-25(2)17(13)12-29-18-10-22-26(3)20(18)15-6-7-27-16(8-15)9-19(24-27)23-21(28)14-4-5-14/h6-10,13-14,17H,4-5,11-12H2,1-3H3,(H,23,24,28)/t13-,17+/m0/s1. The lowest BCUT2D eigenvalue weighted by Gasteiger charge is -2.43. The maximum absolute atomic E-state index is 12.0. The van der Waals surface area contributed by atoms with Crippen molar-refractivity contribution in [1.29, 1.82) is 0 Å². The molecule has 1 aliphatic heterocycles. The number of nitrogens with one attached hydrogen (secondary N) is 1. The lowest BCUT2D eigenvalue weighted by Crippen LogP contribution is -2.55. The van der Waals surface area contributed by atoms with Crippen LogP contribution in [-0.2, 0) is 11.8 Å². The molecule has 8 heteroatoms. The molecule has 2 aliphatic rings. The van der Waals surface area contributed by atoms with Crippen LogP contribution in [0.2, 0.25) is 0 Å². The summed E-state index contributed by atoms with van der Waals surface area (Å²) in [7, 11) is 4.05. The summed E-state index contributed by atoms with van der Waals surface area (Å²) in [6.07, 6.45) is 5.63. The van der Waals surface area contributed by atoms with Crippen LogP contribution in [0.15, 0.2) is 30.6 Å². The first-order valence-corrected chi connectivity index (χ1v) is 10.2. The third kappa shape index (κ3) is 3.37. The third-order valence-electron chi connectivity index (χ3n) is 6.05. The molecule has 1 saturated heterocycles. The smallest absolute Gasteiger partial charge is 0.228 e. The summed E-state index contributed by atoms with van der Waals surface area (Å²) >= 11 is 0. The first-order valence-electron chi connectivity index (χ1n) is 10.2. The fourth-order valence-electron chi connectivity index (χ4n) is 4.10. The molecule has 1 saturated carbocycles. The highest BCUT2D eigenvalue weighted by Crippen LogP contribution is 2.33. The van der Waals surface area contributed by atoms with Crippen LogP contribution in [0.1, 0.15) is 19.8 Å². The summed E-state index contributed by atoms with van der Waals surface area (Å²) in [6.45, 7) is 4.03. The zero-order valence-electron chi connectivity index (χ0n) is 17.0. The van der Waals surface area contributed by atoms with Gasteiger partial charge in [0.2, 0.25) is 5.91 Å². The van der Waals surface area contributed by atoms with E-state index in [0.29, 0.717) is 24.4 Å². The van der Waals surface area contributed by atoms with Gasteiger partial charge in [-0.2, -0.15) is 10.2 Å². The number of aromatic nitrogens is 4. The van der Waals surface area contributed by atoms with Gasteiger partial charge in [0.1, 0.15) is 12.3 Å². The molecule has 0 radical (unpaired) electrons. The van der Waals surface area contributed by atoms with Crippen molar-refractivity contribution in [3.63, 3.8) is 0 Å². The number of ether oxygens (including phenoxy) is 1. The second kappa shape index (κ2) is 6.88. The Morgan fingerprint density at radius 1 is 1.31 bits per heavy atom. The predicted octanol–water partition coefficient (Wildman–Crippen LogP) is 2.41. The van der Waals surface area contributed by atoms with Gasteiger partial charge < -0.3 is 10.1 Å². The quantitative estimate of drug-likeness (QED) is 0.695. The van der Waals surface area contributed by atoms with E-state index in [1.807, 2.05) is 36.1 Å². The average molecular weight is 394 g/mol. The van der Waals surface area contributed by atoms with E-state index in [1.165, 1.54) is 0 Å². The molecular formula is C21H26N6O2. The fourth-order valence-corrected chi connectivity index (χ4v) is 4.10. The van der Waals surface area contributed by atoms with Crippen molar-refractivity contribution < 1.29 is 9.53 Å². The van der Waals surface area contributed by atoms with Gasteiger partial charge in [0, 0.05) is 43.4 Å². The zero-order chi connectivity index (χ0) is 20.1. The van der Waals surface area contributed by atoms with Crippen LogP contribution >= 0.6 is 0 Å². The molecule has 2 fully saturated rings. The Bertz CT molecular complexity index is 1060. The van der Waals surface area contributed by atoms with Gasteiger partial charge in [-0.3, -0.25) is 14.4 Å². The maximum atomic E-state index is 12.0. The Morgan fingerprint density at radius 3 is 2.86 bits per heavy atom. The predicted molar refractivity (Wildman–Crippen MR) is 110 cm³/mol. The van der Waals surface area contributed by atoms with Gasteiger partial charge in [-0.25, -0.2) is 4.52 Å². The van der Waals surface area contributed by atoms with E-state index in [4.69, 9.17) is 4.74 Å². The number of aryl methyl sites for hydroxylation is 1. The zero-order valence-corrected chi connectivity index (χ0v) is 17.0. The third-order valence-corrected chi connectivity index (χ3v) is 6.05. The van der Waals surface area contributed by atoms with Crippen molar-refractivity contribution in [3.05, 3.63) is 30.6 Å². The Labute approximate surface area is 169 Å². The number of pyridine rings is 1. The van der Waals surface area contributed by atoms with Crippen LogP contribution in [0.4, 0.5) is 5.82 Å². The van der Waals surface area contributed by atoms with Crippen molar-refractivity contribution in [2.45, 2.75) is 25.8 Å². The fraction of sp³-hybridized carbons (Fsp3) is 0.476. The molecule has 8 nitrogen and oxygen atoms in total. The van der Waals surface area contributed by atoms with Crippen molar-refractivity contribution in [1.82, 2.24) is 24.3 Å². The molecule has 4 heterocycles. The summed E-state index contributed by atoms with van der Waals surface area (Å²) in [5.74, 6) is 2.23. The first-order chi connectivity index (χ1) is 14.0. The van der Waals surface area contributed by atoms with E-state index < -0.39 is 0 Å². The number of carbonyl (C=O) groups excluding carboxylic acids is 1. The normalized spacial score (nSPS) is 21.9. The number of carbonyl (C=O) groups is 1. The van der Waals surface area contributed by atoms with Crippen molar-refractivity contribution in [2.24, 2.45) is 18.9 Å². The number of rotatable bonds is 6. The number of hydrogen-bond donors (Lipinski definition) is 1. The second-order valence-corrected chi connectivity index (χ2v) is 8.35. The number of amides is 1. The summed E-state index contributed by atoms with van der Waals surface area (Å²) in [4.78, 5) is 14.3. The van der Waals surface area contributed by atoms with Crippen LogP contribution in [0.5, 0.6) is 5.75 Å². The minimum absolute atomic E-state index is 0.0612. The van der Waals surface area contributed by atoms with Crippen molar-refractivity contribution in [3.8, 4) is 17.0 Å².